The van der Waals surface area contributed by atoms with Gasteiger partial charge in [0.1, 0.15) is 5.82 Å². The summed E-state index contributed by atoms with van der Waals surface area (Å²) in [5, 5.41) is 14.1. The minimum atomic E-state index is -0.528. The molecule has 0 aliphatic carbocycles. The highest BCUT2D eigenvalue weighted by atomic mass is 16.6. The number of H-pyrrole nitrogens is 1. The van der Waals surface area contributed by atoms with E-state index in [1.165, 1.54) is 18.2 Å². The van der Waals surface area contributed by atoms with Crippen LogP contribution in [0.5, 0.6) is 0 Å². The van der Waals surface area contributed by atoms with Crippen molar-refractivity contribution in [2.45, 2.75) is 6.92 Å². The van der Waals surface area contributed by atoms with Crippen LogP contribution in [-0.2, 0) is 4.74 Å². The van der Waals surface area contributed by atoms with Gasteiger partial charge in [0.2, 0.25) is 0 Å². The zero-order valence-corrected chi connectivity index (χ0v) is 17.3. The molecule has 0 spiro atoms. The van der Waals surface area contributed by atoms with E-state index in [4.69, 9.17) is 4.74 Å². The number of rotatable bonds is 5. The predicted molar refractivity (Wildman–Crippen MR) is 119 cm³/mol. The van der Waals surface area contributed by atoms with Crippen LogP contribution in [0.4, 0.5) is 17.1 Å². The molecule has 0 atom stereocenters. The Morgan fingerprint density at radius 1 is 1.19 bits per heavy atom. The molecule has 2 N–H and O–H groups in total. The Morgan fingerprint density at radius 2 is 1.97 bits per heavy atom. The number of nitrogens with zero attached hydrogens (tertiary/aromatic N) is 3. The maximum Gasteiger partial charge on any atom is 0.270 e. The van der Waals surface area contributed by atoms with Crippen LogP contribution >= 0.6 is 0 Å². The van der Waals surface area contributed by atoms with Gasteiger partial charge in [-0.1, -0.05) is 12.1 Å². The summed E-state index contributed by atoms with van der Waals surface area (Å²) in [6.45, 7) is 3.92. The number of hydrogen-bond donors (Lipinski definition) is 2. The number of ether oxygens (including phenoxy) is 1. The van der Waals surface area contributed by atoms with E-state index in [2.05, 4.69) is 15.3 Å². The van der Waals surface area contributed by atoms with Crippen molar-refractivity contribution in [1.29, 1.82) is 0 Å². The van der Waals surface area contributed by atoms with Crippen molar-refractivity contribution in [3.63, 3.8) is 0 Å². The van der Waals surface area contributed by atoms with Crippen LogP contribution in [0.25, 0.3) is 11.4 Å². The molecule has 10 heteroatoms. The van der Waals surface area contributed by atoms with Gasteiger partial charge in [-0.2, -0.15) is 0 Å². The zero-order chi connectivity index (χ0) is 22.7. The summed E-state index contributed by atoms with van der Waals surface area (Å²) in [4.78, 5) is 44.6. The van der Waals surface area contributed by atoms with Crippen LogP contribution in [0.3, 0.4) is 0 Å². The van der Waals surface area contributed by atoms with Crippen LogP contribution in [-0.4, -0.2) is 47.1 Å². The number of nitrogens with one attached hydrogen (secondary N) is 2. The van der Waals surface area contributed by atoms with Crippen molar-refractivity contribution in [2.75, 3.05) is 36.5 Å². The van der Waals surface area contributed by atoms with Gasteiger partial charge in [-0.3, -0.25) is 19.7 Å². The van der Waals surface area contributed by atoms with Gasteiger partial charge in [-0.25, -0.2) is 4.98 Å². The molecule has 0 unspecified atom stereocenters. The zero-order valence-electron chi connectivity index (χ0n) is 17.3. The number of non-ortho nitro benzene ring substituents is 1. The van der Waals surface area contributed by atoms with Crippen molar-refractivity contribution >= 4 is 23.0 Å². The molecule has 3 aromatic rings. The number of nitro benzene ring substituents is 1. The molecule has 1 aromatic heterocycles. The SMILES string of the molecule is Cc1cc(=O)[nH]c(-c2cccc(NC(=O)c3cc([N+](=O)[O-])ccc3N3CCOCC3)c2)n1. The van der Waals surface area contributed by atoms with E-state index in [9.17, 15) is 19.7 Å². The maximum absolute atomic E-state index is 13.1. The van der Waals surface area contributed by atoms with E-state index in [1.54, 1.807) is 37.3 Å². The molecular formula is C22H21N5O5. The summed E-state index contributed by atoms with van der Waals surface area (Å²) in [5.74, 6) is -0.0894. The molecule has 1 aliphatic rings. The fourth-order valence-corrected chi connectivity index (χ4v) is 3.56. The number of anilines is 2. The molecule has 0 radical (unpaired) electrons. The number of hydrogen-bond acceptors (Lipinski definition) is 7. The molecular weight excluding hydrogens is 414 g/mol. The summed E-state index contributed by atoms with van der Waals surface area (Å²) in [7, 11) is 0. The molecule has 10 nitrogen and oxygen atoms in total. The smallest absolute Gasteiger partial charge is 0.270 e. The number of aromatic amines is 1. The number of nitro groups is 1. The van der Waals surface area contributed by atoms with Crippen molar-refractivity contribution in [2.24, 2.45) is 0 Å². The number of aryl methyl sites for hydroxylation is 1. The number of carbonyl (C=O) groups is 1. The Morgan fingerprint density at radius 3 is 2.69 bits per heavy atom. The van der Waals surface area contributed by atoms with Gasteiger partial charge in [0.25, 0.3) is 17.2 Å². The number of aromatic nitrogens is 2. The first kappa shape index (κ1) is 21.2. The molecule has 0 bridgehead atoms. The monoisotopic (exact) mass is 435 g/mol. The second-order valence-corrected chi connectivity index (χ2v) is 7.33. The maximum atomic E-state index is 13.1. The van der Waals surface area contributed by atoms with E-state index >= 15 is 0 Å². The summed E-state index contributed by atoms with van der Waals surface area (Å²) < 4.78 is 5.37. The minimum absolute atomic E-state index is 0.164. The fraction of sp³-hybridized carbons (Fsp3) is 0.227. The summed E-state index contributed by atoms with van der Waals surface area (Å²) in [6.07, 6.45) is 0. The quantitative estimate of drug-likeness (QED) is 0.465. The van der Waals surface area contributed by atoms with Crippen LogP contribution in [0.1, 0.15) is 16.1 Å². The molecule has 0 saturated carbocycles. The van der Waals surface area contributed by atoms with Crippen LogP contribution in [0.2, 0.25) is 0 Å². The molecule has 32 heavy (non-hydrogen) atoms. The standard InChI is InChI=1S/C22H21N5O5/c1-14-11-20(28)25-21(23-14)15-3-2-4-16(12-15)24-22(29)18-13-17(27(30)31)5-6-19(18)26-7-9-32-10-8-26/h2-6,11-13H,7-10H2,1H3,(H,24,29)(H,23,25,28). The molecule has 1 amide bonds. The Labute approximate surface area is 183 Å². The van der Waals surface area contributed by atoms with E-state index in [0.29, 0.717) is 54.8 Å². The third-order valence-corrected chi connectivity index (χ3v) is 5.05. The molecule has 1 fully saturated rings. The largest absolute Gasteiger partial charge is 0.378 e. The topological polar surface area (TPSA) is 130 Å². The number of carbonyl (C=O) groups excluding carboxylic acids is 1. The lowest BCUT2D eigenvalue weighted by molar-refractivity contribution is -0.384. The van der Waals surface area contributed by atoms with Gasteiger partial charge in [0.15, 0.2) is 0 Å². The highest BCUT2D eigenvalue weighted by Crippen LogP contribution is 2.28. The Hall–Kier alpha value is -4.05. The summed E-state index contributed by atoms with van der Waals surface area (Å²) >= 11 is 0. The van der Waals surface area contributed by atoms with Gasteiger partial charge in [-0.15, -0.1) is 0 Å². The first-order valence-corrected chi connectivity index (χ1v) is 10.0. The van der Waals surface area contributed by atoms with Crippen molar-refractivity contribution in [3.05, 3.63) is 80.3 Å². The lowest BCUT2D eigenvalue weighted by atomic mass is 10.1. The first-order chi connectivity index (χ1) is 15.4. The Bertz CT molecular complexity index is 1230. The molecule has 2 heterocycles. The Kier molecular flexibility index (Phi) is 5.95. The Balaban J connectivity index is 1.65. The molecule has 1 saturated heterocycles. The van der Waals surface area contributed by atoms with Gasteiger partial charge >= 0.3 is 0 Å². The van der Waals surface area contributed by atoms with Crippen LogP contribution in [0.15, 0.2) is 53.3 Å². The third kappa shape index (κ3) is 4.65. The highest BCUT2D eigenvalue weighted by molar-refractivity contribution is 6.08. The normalized spacial score (nSPS) is 13.6. The van der Waals surface area contributed by atoms with E-state index in [1.807, 2.05) is 4.90 Å². The van der Waals surface area contributed by atoms with Crippen LogP contribution in [0, 0.1) is 17.0 Å². The third-order valence-electron chi connectivity index (χ3n) is 5.05. The van der Waals surface area contributed by atoms with Gasteiger partial charge < -0.3 is 19.9 Å². The van der Waals surface area contributed by atoms with Gasteiger partial charge in [0.05, 0.1) is 29.4 Å². The predicted octanol–water partition coefficient (Wildman–Crippen LogP) is 2.74. The highest BCUT2D eigenvalue weighted by Gasteiger charge is 2.22. The molecule has 2 aromatic carbocycles. The van der Waals surface area contributed by atoms with E-state index in [0.717, 1.165) is 0 Å². The summed E-state index contributed by atoms with van der Waals surface area (Å²) in [5.41, 5.74) is 2.04. The average molecular weight is 435 g/mol. The molecule has 164 valence electrons. The van der Waals surface area contributed by atoms with Crippen molar-refractivity contribution < 1.29 is 14.5 Å². The van der Waals surface area contributed by atoms with Gasteiger partial charge in [0, 0.05) is 48.2 Å². The average Bonchev–Trinajstić information content (AvgIpc) is 2.78. The second kappa shape index (κ2) is 8.98. The van der Waals surface area contributed by atoms with Crippen LogP contribution < -0.4 is 15.8 Å². The van der Waals surface area contributed by atoms with E-state index < -0.39 is 10.8 Å². The van der Waals surface area contributed by atoms with Crippen molar-refractivity contribution in [1.82, 2.24) is 9.97 Å². The first-order valence-electron chi connectivity index (χ1n) is 10.0. The number of amides is 1. The van der Waals surface area contributed by atoms with Crippen molar-refractivity contribution in [3.8, 4) is 11.4 Å². The fourth-order valence-electron chi connectivity index (χ4n) is 3.56. The van der Waals surface area contributed by atoms with E-state index in [-0.39, 0.29) is 16.8 Å². The molecule has 1 aliphatic heterocycles. The van der Waals surface area contributed by atoms with Gasteiger partial charge in [-0.05, 0) is 25.1 Å². The minimum Gasteiger partial charge on any atom is -0.378 e. The number of benzene rings is 2. The number of morpholine rings is 1. The molecule has 4 rings (SSSR count). The second-order valence-electron chi connectivity index (χ2n) is 7.33. The lowest BCUT2D eigenvalue weighted by Crippen LogP contribution is -2.37. The lowest BCUT2D eigenvalue weighted by Gasteiger charge is -2.30. The summed E-state index contributed by atoms with van der Waals surface area (Å²) in [6, 6.07) is 12.5.